The van der Waals surface area contributed by atoms with Gasteiger partial charge in [-0.25, -0.2) is 58.9 Å². The van der Waals surface area contributed by atoms with Crippen LogP contribution in [0.15, 0.2) is 146 Å². The lowest BCUT2D eigenvalue weighted by molar-refractivity contribution is -0.384. The third kappa shape index (κ3) is 21.3. The first-order valence-electron chi connectivity index (χ1n) is 40.1. The van der Waals surface area contributed by atoms with Crippen LogP contribution in [0.25, 0.3) is 0 Å². The van der Waals surface area contributed by atoms with Gasteiger partial charge in [0.05, 0.1) is 78.8 Å². The second-order valence-corrected chi connectivity index (χ2v) is 46.4. The normalized spacial score (nSPS) is 22.0. The van der Waals surface area contributed by atoms with E-state index < -0.39 is 92.6 Å². The minimum Gasteiger partial charge on any atom is -0.389 e. The summed E-state index contributed by atoms with van der Waals surface area (Å²) in [7, 11) is -24.9. The monoisotopic (exact) mass is 1850 g/mol. The van der Waals surface area contributed by atoms with Crippen molar-refractivity contribution < 1.29 is 107 Å². The minimum absolute atomic E-state index is 0.0113. The largest absolute Gasteiger partial charge is 0.389 e. The number of thioether (sulfide) groups is 1. The number of aliphatic hydroxyl groups is 1. The summed E-state index contributed by atoms with van der Waals surface area (Å²) in [5, 5.41) is 26.9. The van der Waals surface area contributed by atoms with Crippen LogP contribution in [0.3, 0.4) is 0 Å². The predicted molar refractivity (Wildman–Crippen MR) is 451 cm³/mol. The topological polar surface area (TPSA) is 458 Å². The van der Waals surface area contributed by atoms with Gasteiger partial charge in [-0.3, -0.25) is 39.9 Å². The first-order chi connectivity index (χ1) is 57.3. The summed E-state index contributed by atoms with van der Waals surface area (Å²) in [4.78, 5) is 58.3. The number of nitrogens with one attached hydrogen (secondary N) is 2. The Morgan fingerprint density at radius 1 is 0.434 bits per heavy atom. The molecular formula is C78H107N11O25S8. The van der Waals surface area contributed by atoms with Gasteiger partial charge in [0.2, 0.25) is 76.1 Å². The van der Waals surface area contributed by atoms with Gasteiger partial charge >= 0.3 is 0 Å². The number of aliphatic hydroxyl groups excluding tert-OH is 1. The number of non-ortho nitro benzene ring substituents is 1. The number of carbonyl (C=O) groups is 4. The zero-order valence-electron chi connectivity index (χ0n) is 69.1. The van der Waals surface area contributed by atoms with Crippen LogP contribution in [0, 0.1) is 10.1 Å². The number of ketones is 3. The Morgan fingerprint density at radius 2 is 0.738 bits per heavy atom. The van der Waals surface area contributed by atoms with Gasteiger partial charge in [0.15, 0.2) is 17.3 Å². The Bertz CT molecular complexity index is 5430. The molecule has 0 bridgehead atoms. The van der Waals surface area contributed by atoms with Crippen LogP contribution < -0.4 is 10.6 Å². The number of amides is 1. The lowest BCUT2D eigenvalue weighted by Gasteiger charge is -2.43. The number of rotatable bonds is 18. The highest BCUT2D eigenvalue weighted by Crippen LogP contribution is 2.46. The van der Waals surface area contributed by atoms with Crippen LogP contribution in [-0.2, 0) is 93.9 Å². The van der Waals surface area contributed by atoms with Gasteiger partial charge in [-0.05, 0) is 114 Å². The van der Waals surface area contributed by atoms with Gasteiger partial charge in [0.25, 0.3) is 5.69 Å². The molecule has 44 heteroatoms. The van der Waals surface area contributed by atoms with E-state index in [-0.39, 0.29) is 134 Å². The molecule has 10 heterocycles. The van der Waals surface area contributed by atoms with E-state index in [1.54, 1.807) is 68.9 Å². The van der Waals surface area contributed by atoms with Crippen LogP contribution in [0.5, 0.6) is 0 Å². The van der Waals surface area contributed by atoms with Crippen LogP contribution in [0.4, 0.5) is 5.69 Å². The van der Waals surface area contributed by atoms with E-state index in [0.717, 1.165) is 25.1 Å². The molecule has 672 valence electrons. The molecule has 0 aliphatic carbocycles. The van der Waals surface area contributed by atoms with E-state index in [9.17, 15) is 93.3 Å². The third-order valence-corrected chi connectivity index (χ3v) is 38.1. The van der Waals surface area contributed by atoms with E-state index in [4.69, 9.17) is 18.9 Å². The molecule has 122 heavy (non-hydrogen) atoms. The molecule has 1 atom stereocenters. The van der Waals surface area contributed by atoms with E-state index in [2.05, 4.69) is 10.6 Å². The number of nitro benzene ring substituents is 1. The second-order valence-electron chi connectivity index (χ2n) is 31.2. The van der Waals surface area contributed by atoms with Gasteiger partial charge in [-0.1, -0.05) is 48.5 Å². The average molecular weight is 1860 g/mol. The van der Waals surface area contributed by atoms with Crippen LogP contribution in [0.2, 0.25) is 0 Å². The maximum Gasteiger partial charge on any atom is 0.269 e. The zero-order chi connectivity index (χ0) is 88.9. The second kappa shape index (κ2) is 38.5. The summed E-state index contributed by atoms with van der Waals surface area (Å²) < 4.78 is 209. The summed E-state index contributed by atoms with van der Waals surface area (Å²) in [5.74, 6) is 0.546. The number of nitro groups is 1. The summed E-state index contributed by atoms with van der Waals surface area (Å²) in [6, 6.07) is 29.2. The van der Waals surface area contributed by atoms with Crippen molar-refractivity contribution in [3.63, 3.8) is 0 Å². The van der Waals surface area contributed by atoms with Gasteiger partial charge < -0.3 is 29.0 Å². The Morgan fingerprint density at radius 3 is 1.02 bits per heavy atom. The molecule has 0 aromatic heterocycles. The summed E-state index contributed by atoms with van der Waals surface area (Å²) in [6.45, 7) is 17.1. The molecule has 0 radical (unpaired) electrons. The minimum atomic E-state index is -3.71. The fraction of sp³-hybridized carbons (Fsp3) is 0.564. The number of nitrogens with zero attached hydrogens (tertiary/aromatic N) is 9. The Labute approximate surface area is 718 Å². The molecule has 3 N–H and O–H groups in total. The van der Waals surface area contributed by atoms with Crippen molar-refractivity contribution in [3.05, 3.63) is 154 Å². The van der Waals surface area contributed by atoms with Gasteiger partial charge in [0, 0.05) is 191 Å². The quantitative estimate of drug-likeness (QED) is 0.0575. The fourth-order valence-corrected chi connectivity index (χ4v) is 28.0. The number of sulfonamides is 7. The van der Waals surface area contributed by atoms with Crippen molar-refractivity contribution in [1.29, 1.82) is 0 Å². The third-order valence-electron chi connectivity index (χ3n) is 23.7. The lowest BCUT2D eigenvalue weighted by atomic mass is 10.0. The molecule has 5 spiro atoms. The van der Waals surface area contributed by atoms with Crippen molar-refractivity contribution in [2.45, 2.75) is 164 Å². The maximum absolute atomic E-state index is 12.9. The molecule has 10 aliphatic rings. The van der Waals surface area contributed by atoms with E-state index in [1.807, 2.05) is 4.90 Å². The number of hydrogen-bond donors (Lipinski definition) is 3. The number of benzene rings is 5. The molecule has 15 rings (SSSR count). The molecule has 5 aromatic rings. The van der Waals surface area contributed by atoms with E-state index >= 15 is 0 Å². The SMILES string of the molecule is CC(=O)N1CCSC12CCN(S(=O)(=O)c1ccc([N+](=O)[O-])cc1)CC2.CC(=O)c1ccc(S(=O)(=O)N2CCC3(CC2)NCCO3)cc1.CC(=O)c1ccc(S(=O)(=O)N2CCC3(CC2)OCCN3S(C)(=O)=O)cc1.CC(O)c1ccc(S(=O)(=O)N2CCC3(CC2)NCCO3)cc1.CCS(=O)(=O)N1CCOC12CCN(S(=O)(=O)c1ccc(C(C)=O)cc1)CC2. The Kier molecular flexibility index (Phi) is 30.3. The average Bonchev–Trinajstić information content (AvgIpc) is 1.56. The van der Waals surface area contributed by atoms with E-state index in [1.165, 1.54) is 136 Å². The molecule has 36 nitrogen and oxygen atoms in total. The number of piperidine rings is 5. The Hall–Kier alpha value is -6.58. The van der Waals surface area contributed by atoms with Crippen molar-refractivity contribution in [2.75, 3.05) is 142 Å². The molecule has 10 saturated heterocycles. The maximum atomic E-state index is 12.9. The molecule has 10 aliphatic heterocycles. The smallest absolute Gasteiger partial charge is 0.269 e. The first-order valence-corrected chi connectivity index (χ1v) is 51.8. The van der Waals surface area contributed by atoms with Gasteiger partial charge in [-0.2, -0.15) is 30.1 Å². The highest BCUT2D eigenvalue weighted by molar-refractivity contribution is 8.01. The number of hydrogen-bond acceptors (Lipinski definition) is 28. The van der Waals surface area contributed by atoms with Crippen molar-refractivity contribution >= 4 is 111 Å². The summed E-state index contributed by atoms with van der Waals surface area (Å²) in [6.07, 6.45) is 5.49. The molecule has 1 unspecified atom stereocenters. The van der Waals surface area contributed by atoms with Crippen molar-refractivity contribution in [2.24, 2.45) is 0 Å². The first kappa shape index (κ1) is 96.1. The highest BCUT2D eigenvalue weighted by Gasteiger charge is 2.54. The predicted octanol–water partition coefficient (Wildman–Crippen LogP) is 5.21. The van der Waals surface area contributed by atoms with Crippen molar-refractivity contribution in [1.82, 2.24) is 45.7 Å². The standard InChI is InChI=1S/C17H24N2O6S2.C16H22N2O6S2.C15H19N3O5S2.C15H22N2O4S.C15H20N2O4S/c1-3-26(21,22)19-12-13-25-17(19)8-10-18(11-9-17)27(23,24)16-6-4-15(5-7-16)14(2)20;1-13(19)14-3-5-15(6-4-14)26(22,23)17-9-7-16(8-10-17)18(11-12-24-16)25(2,20)21;1-12(19)17-10-11-24-15(17)6-8-16(9-7-15)25(22,23)14-4-2-13(3-5-14)18(20)21;2*1-12(18)13-2-4-14(5-3-13)22(19,20)17-9-6-15(7-10-17)16-8-11-21-15/h4-7H,3,8-13H2,1-2H3;3-6H,7-12H2,1-2H3;2-5H,6-11H2,1H3;2-5,12,16,18H,6-11H2,1H3;2-5,16H,6-11H2,1H3. The Balaban J connectivity index is 0.000000149. The number of carbonyl (C=O) groups excluding carboxylic acids is 4. The van der Waals surface area contributed by atoms with Gasteiger partial charge in [0.1, 0.15) is 22.9 Å². The molecule has 1 amide bonds. The molecule has 5 aromatic carbocycles. The molecule has 10 fully saturated rings. The van der Waals surface area contributed by atoms with Gasteiger partial charge in [-0.15, -0.1) is 11.8 Å². The molecular weight excluding hydrogens is 1750 g/mol. The van der Waals surface area contributed by atoms with Crippen molar-refractivity contribution in [3.8, 4) is 0 Å². The summed E-state index contributed by atoms with van der Waals surface area (Å²) >= 11 is 1.72. The summed E-state index contributed by atoms with van der Waals surface area (Å²) in [5.41, 5.74) is -0.586. The number of Topliss-reactive ketones (excluding diaryl/α,β-unsaturated/α-hetero) is 3. The lowest BCUT2D eigenvalue weighted by Crippen LogP contribution is -2.55. The zero-order valence-corrected chi connectivity index (χ0v) is 75.6. The van der Waals surface area contributed by atoms with Crippen LogP contribution in [0.1, 0.15) is 148 Å². The number of ether oxygens (including phenoxy) is 4. The highest BCUT2D eigenvalue weighted by atomic mass is 32.2. The van der Waals surface area contributed by atoms with Crippen LogP contribution in [-0.4, -0.2) is 297 Å². The van der Waals surface area contributed by atoms with E-state index in [0.29, 0.717) is 140 Å². The fourth-order valence-electron chi connectivity index (χ4n) is 16.6. The molecule has 0 saturated carbocycles. The van der Waals surface area contributed by atoms with Crippen LogP contribution >= 0.6 is 11.8 Å².